The van der Waals surface area contributed by atoms with Crippen molar-refractivity contribution >= 4 is 28.6 Å². The van der Waals surface area contributed by atoms with Crippen LogP contribution in [0.3, 0.4) is 0 Å². The van der Waals surface area contributed by atoms with Crippen molar-refractivity contribution in [1.29, 1.82) is 0 Å². The van der Waals surface area contributed by atoms with E-state index in [-0.39, 0.29) is 18.0 Å². The first-order chi connectivity index (χ1) is 16.0. The quantitative estimate of drug-likeness (QED) is 0.319. The second kappa shape index (κ2) is 11.4. The maximum Gasteiger partial charge on any atom is 0.416 e. The van der Waals surface area contributed by atoms with Crippen molar-refractivity contribution in [3.05, 3.63) is 68.8 Å². The molecule has 0 radical (unpaired) electrons. The average Bonchev–Trinajstić information content (AvgIpc) is 2.79. The zero-order chi connectivity index (χ0) is 25.0. The Morgan fingerprint density at radius 3 is 2.21 bits per heavy atom. The van der Waals surface area contributed by atoms with E-state index < -0.39 is 23.6 Å². The van der Waals surface area contributed by atoms with Crippen LogP contribution in [0.4, 0.5) is 13.2 Å². The minimum absolute atomic E-state index is 0.0245. The normalized spacial score (nSPS) is 21.4. The lowest BCUT2D eigenvalue weighted by Crippen LogP contribution is -2.42. The van der Waals surface area contributed by atoms with Gasteiger partial charge in [0.25, 0.3) is 0 Å². The van der Waals surface area contributed by atoms with Crippen LogP contribution in [0.2, 0.25) is 0 Å². The Kier molecular flexibility index (Phi) is 9.06. The fourth-order valence-electron chi connectivity index (χ4n) is 4.96. The lowest BCUT2D eigenvalue weighted by Gasteiger charge is -2.45. The van der Waals surface area contributed by atoms with Gasteiger partial charge in [-0.05, 0) is 102 Å². The van der Waals surface area contributed by atoms with E-state index >= 15 is 0 Å². The zero-order valence-corrected chi connectivity index (χ0v) is 22.0. The molecule has 1 heterocycles. The number of hydrogen-bond acceptors (Lipinski definition) is 2. The molecule has 1 fully saturated rings. The lowest BCUT2D eigenvalue weighted by molar-refractivity contribution is -0.144. The summed E-state index contributed by atoms with van der Waals surface area (Å²) in [6.07, 6.45) is -1.04. The van der Waals surface area contributed by atoms with E-state index in [2.05, 4.69) is 65.6 Å². The molecule has 7 heteroatoms. The molecule has 3 nitrogen and oxygen atoms in total. The summed E-state index contributed by atoms with van der Waals surface area (Å²) >= 11 is 2.28. The summed E-state index contributed by atoms with van der Waals surface area (Å²) in [5, 5.41) is 9.60. The number of likely N-dealkylation sites (tertiary alicyclic amines) is 1. The van der Waals surface area contributed by atoms with E-state index in [1.54, 1.807) is 19.1 Å². The molecular weight excluding hydrogens is 554 g/mol. The van der Waals surface area contributed by atoms with Gasteiger partial charge in [0.15, 0.2) is 0 Å². The Labute approximate surface area is 213 Å². The van der Waals surface area contributed by atoms with Crippen LogP contribution in [-0.4, -0.2) is 22.5 Å². The van der Waals surface area contributed by atoms with Crippen LogP contribution in [-0.2, 0) is 11.0 Å². The largest absolute Gasteiger partial charge is 0.481 e. The number of hydrogen-bond donors (Lipinski definition) is 1. The van der Waals surface area contributed by atoms with Crippen molar-refractivity contribution in [2.75, 3.05) is 6.54 Å². The molecule has 1 N–H and O–H groups in total. The van der Waals surface area contributed by atoms with Gasteiger partial charge in [0.1, 0.15) is 0 Å². The van der Waals surface area contributed by atoms with Gasteiger partial charge in [0, 0.05) is 15.7 Å². The summed E-state index contributed by atoms with van der Waals surface area (Å²) in [6.45, 7) is 6.84. The molecule has 2 aromatic rings. The number of alkyl halides is 3. The van der Waals surface area contributed by atoms with Gasteiger partial charge in [-0.25, -0.2) is 0 Å². The fourth-order valence-corrected chi connectivity index (χ4v) is 5.32. The van der Waals surface area contributed by atoms with Gasteiger partial charge in [-0.15, -0.1) is 0 Å². The first kappa shape index (κ1) is 27.0. The zero-order valence-electron chi connectivity index (χ0n) is 19.9. The number of carboxylic acids is 1. The monoisotopic (exact) mass is 587 g/mol. The minimum Gasteiger partial charge on any atom is -0.481 e. The van der Waals surface area contributed by atoms with Crippen LogP contribution in [0.25, 0.3) is 0 Å². The number of nitrogens with zero attached hydrogens (tertiary/aromatic N) is 1. The highest BCUT2D eigenvalue weighted by Crippen LogP contribution is 2.44. The first-order valence-corrected chi connectivity index (χ1v) is 13.0. The molecule has 4 atom stereocenters. The molecule has 0 aliphatic carbocycles. The SMILES string of the molecule is CC(C)CCC(c1ccc(I)cc1)N1CCC(C(C)C(=O)O)CC1c1ccc(C(F)(F)F)cc1. The maximum absolute atomic E-state index is 13.2. The van der Waals surface area contributed by atoms with E-state index in [0.29, 0.717) is 18.9 Å². The topological polar surface area (TPSA) is 40.5 Å². The van der Waals surface area contributed by atoms with Gasteiger partial charge in [-0.2, -0.15) is 13.2 Å². The molecule has 1 aliphatic rings. The molecule has 0 saturated carbocycles. The Hall–Kier alpha value is -1.61. The van der Waals surface area contributed by atoms with E-state index in [0.717, 1.165) is 40.5 Å². The van der Waals surface area contributed by atoms with Crippen LogP contribution in [0.15, 0.2) is 48.5 Å². The molecule has 0 bridgehead atoms. The highest BCUT2D eigenvalue weighted by Gasteiger charge is 2.38. The van der Waals surface area contributed by atoms with Crippen molar-refractivity contribution in [3.8, 4) is 0 Å². The summed E-state index contributed by atoms with van der Waals surface area (Å²) in [7, 11) is 0. The third-order valence-corrected chi connectivity index (χ3v) is 7.80. The molecule has 34 heavy (non-hydrogen) atoms. The molecule has 0 aromatic heterocycles. The molecule has 0 amide bonds. The van der Waals surface area contributed by atoms with E-state index in [9.17, 15) is 23.1 Å². The first-order valence-electron chi connectivity index (χ1n) is 11.9. The van der Waals surface area contributed by atoms with Gasteiger partial charge in [-0.1, -0.05) is 45.0 Å². The number of piperidine rings is 1. The second-order valence-corrected chi connectivity index (χ2v) is 11.1. The maximum atomic E-state index is 13.2. The van der Waals surface area contributed by atoms with Crippen LogP contribution < -0.4 is 0 Å². The highest BCUT2D eigenvalue weighted by molar-refractivity contribution is 14.1. The molecular formula is C27H33F3INO2. The van der Waals surface area contributed by atoms with Crippen LogP contribution in [0.1, 0.15) is 75.2 Å². The number of carbonyl (C=O) groups is 1. The van der Waals surface area contributed by atoms with Gasteiger partial charge in [0.2, 0.25) is 0 Å². The van der Waals surface area contributed by atoms with Gasteiger partial charge < -0.3 is 5.11 Å². The van der Waals surface area contributed by atoms with E-state index in [1.807, 2.05) is 0 Å². The Morgan fingerprint density at radius 2 is 1.68 bits per heavy atom. The second-order valence-electron chi connectivity index (χ2n) is 9.82. The van der Waals surface area contributed by atoms with Crippen molar-refractivity contribution in [2.24, 2.45) is 17.8 Å². The van der Waals surface area contributed by atoms with Crippen molar-refractivity contribution in [3.63, 3.8) is 0 Å². The van der Waals surface area contributed by atoms with Gasteiger partial charge in [-0.3, -0.25) is 9.69 Å². The fraction of sp³-hybridized carbons (Fsp3) is 0.519. The molecule has 3 rings (SSSR count). The third-order valence-electron chi connectivity index (χ3n) is 7.08. The number of halogens is 4. The summed E-state index contributed by atoms with van der Waals surface area (Å²) in [4.78, 5) is 14.1. The smallest absolute Gasteiger partial charge is 0.416 e. The number of rotatable bonds is 8. The predicted octanol–water partition coefficient (Wildman–Crippen LogP) is 7.96. The van der Waals surface area contributed by atoms with Gasteiger partial charge >= 0.3 is 12.1 Å². The molecule has 4 unspecified atom stereocenters. The van der Waals surface area contributed by atoms with Crippen LogP contribution >= 0.6 is 22.6 Å². The number of aliphatic carboxylic acids is 1. The predicted molar refractivity (Wildman–Crippen MR) is 136 cm³/mol. The van der Waals surface area contributed by atoms with Gasteiger partial charge in [0.05, 0.1) is 11.5 Å². The van der Waals surface area contributed by atoms with Crippen molar-refractivity contribution in [1.82, 2.24) is 4.90 Å². The third kappa shape index (κ3) is 6.74. The summed E-state index contributed by atoms with van der Waals surface area (Å²) < 4.78 is 40.7. The highest BCUT2D eigenvalue weighted by atomic mass is 127. The van der Waals surface area contributed by atoms with E-state index in [4.69, 9.17) is 0 Å². The average molecular weight is 587 g/mol. The molecule has 1 aliphatic heterocycles. The molecule has 186 valence electrons. The van der Waals surface area contributed by atoms with Crippen molar-refractivity contribution < 1.29 is 23.1 Å². The van der Waals surface area contributed by atoms with E-state index in [1.165, 1.54) is 5.56 Å². The lowest BCUT2D eigenvalue weighted by atomic mass is 9.78. The van der Waals surface area contributed by atoms with Crippen LogP contribution in [0.5, 0.6) is 0 Å². The standard InChI is InChI=1S/C27H33F3INO2/c1-17(2)4-13-24(19-7-11-23(31)12-8-19)32-15-14-21(18(3)26(33)34)16-25(32)20-5-9-22(10-6-20)27(28,29)30/h5-12,17-18,21,24-25H,4,13-16H2,1-3H3,(H,33,34). The number of benzene rings is 2. The minimum atomic E-state index is -4.38. The van der Waals surface area contributed by atoms with Crippen LogP contribution in [0, 0.1) is 21.3 Å². The van der Waals surface area contributed by atoms with Crippen molar-refractivity contribution in [2.45, 2.75) is 64.7 Å². The Morgan fingerprint density at radius 1 is 1.06 bits per heavy atom. The Bertz CT molecular complexity index is 944. The molecule has 1 saturated heterocycles. The summed E-state index contributed by atoms with van der Waals surface area (Å²) in [5.74, 6) is -0.811. The molecule has 0 spiro atoms. The summed E-state index contributed by atoms with van der Waals surface area (Å²) in [5.41, 5.74) is 1.35. The number of carboxylic acid groups (broad SMARTS) is 1. The Balaban J connectivity index is 1.99. The molecule has 2 aromatic carbocycles. The summed E-state index contributed by atoms with van der Waals surface area (Å²) in [6, 6.07) is 13.9.